The number of fused-ring (bicyclic) bond motifs is 1. The summed E-state index contributed by atoms with van der Waals surface area (Å²) >= 11 is 0. The van der Waals surface area contributed by atoms with E-state index in [2.05, 4.69) is 10.4 Å². The lowest BCUT2D eigenvalue weighted by Gasteiger charge is -2.18. The van der Waals surface area contributed by atoms with Crippen LogP contribution in [0.2, 0.25) is 0 Å². The molecule has 4 nitrogen and oxygen atoms in total. The van der Waals surface area contributed by atoms with Crippen LogP contribution in [0.25, 0.3) is 11.1 Å². The Balaban J connectivity index is 2.00. The molecule has 1 atom stereocenters. The Kier molecular flexibility index (Phi) is 4.62. The molecular formula is C19H23F2N3O. The van der Waals surface area contributed by atoms with Crippen LogP contribution in [-0.2, 0) is 17.8 Å². The minimum atomic E-state index is -0.929. The molecule has 0 saturated carbocycles. The van der Waals surface area contributed by atoms with Gasteiger partial charge in [-0.3, -0.25) is 9.48 Å². The van der Waals surface area contributed by atoms with Crippen molar-refractivity contribution in [3.05, 3.63) is 35.8 Å². The van der Waals surface area contributed by atoms with Gasteiger partial charge >= 0.3 is 0 Å². The number of halogens is 2. The Hall–Kier alpha value is -2.24. The standard InChI is InChI=1S/C19H23F2N3O/c1-19(2,3)11-16(25)22-18-17(12-4-6-13(20)7-5-12)15-10-14(21)8-9-24(15)23-18/h4-7,14H,8-11H2,1-3H3,(H,22,23,25). The van der Waals surface area contributed by atoms with E-state index in [0.717, 1.165) is 11.3 Å². The van der Waals surface area contributed by atoms with Gasteiger partial charge in [0, 0.05) is 24.9 Å². The van der Waals surface area contributed by atoms with Crippen LogP contribution in [-0.4, -0.2) is 21.9 Å². The van der Waals surface area contributed by atoms with E-state index in [1.807, 2.05) is 20.8 Å². The maximum atomic E-state index is 13.9. The summed E-state index contributed by atoms with van der Waals surface area (Å²) in [6.07, 6.45) is 0.0764. The molecule has 1 aromatic carbocycles. The molecule has 3 rings (SSSR count). The molecule has 134 valence electrons. The quantitative estimate of drug-likeness (QED) is 0.897. The maximum Gasteiger partial charge on any atom is 0.226 e. The summed E-state index contributed by atoms with van der Waals surface area (Å²) < 4.78 is 29.0. The van der Waals surface area contributed by atoms with Crippen molar-refractivity contribution < 1.29 is 13.6 Å². The van der Waals surface area contributed by atoms with Crippen LogP contribution in [0.15, 0.2) is 24.3 Å². The van der Waals surface area contributed by atoms with Gasteiger partial charge < -0.3 is 5.32 Å². The first-order valence-corrected chi connectivity index (χ1v) is 8.52. The van der Waals surface area contributed by atoms with E-state index >= 15 is 0 Å². The van der Waals surface area contributed by atoms with Crippen LogP contribution in [0.5, 0.6) is 0 Å². The smallest absolute Gasteiger partial charge is 0.226 e. The Labute approximate surface area is 146 Å². The summed E-state index contributed by atoms with van der Waals surface area (Å²) in [4.78, 5) is 12.3. The van der Waals surface area contributed by atoms with Gasteiger partial charge in [0.05, 0.1) is 5.69 Å². The molecule has 0 radical (unpaired) electrons. The summed E-state index contributed by atoms with van der Waals surface area (Å²) in [5, 5.41) is 7.34. The van der Waals surface area contributed by atoms with Gasteiger partial charge in [0.15, 0.2) is 5.82 Å². The molecular weight excluding hydrogens is 324 g/mol. The van der Waals surface area contributed by atoms with Crippen LogP contribution < -0.4 is 5.32 Å². The molecule has 0 spiro atoms. The number of anilines is 1. The van der Waals surface area contributed by atoms with Gasteiger partial charge in [-0.15, -0.1) is 0 Å². The molecule has 1 amide bonds. The van der Waals surface area contributed by atoms with E-state index in [1.54, 1.807) is 16.8 Å². The lowest BCUT2D eigenvalue weighted by Crippen LogP contribution is -2.21. The van der Waals surface area contributed by atoms with E-state index in [9.17, 15) is 13.6 Å². The number of nitrogens with one attached hydrogen (secondary N) is 1. The average Bonchev–Trinajstić information content (AvgIpc) is 2.83. The zero-order valence-electron chi connectivity index (χ0n) is 14.8. The topological polar surface area (TPSA) is 46.9 Å². The monoisotopic (exact) mass is 347 g/mol. The van der Waals surface area contributed by atoms with Crippen molar-refractivity contribution in [1.29, 1.82) is 0 Å². The van der Waals surface area contributed by atoms with Crippen LogP contribution in [0.1, 0.15) is 39.3 Å². The largest absolute Gasteiger partial charge is 0.309 e. The Morgan fingerprint density at radius 3 is 2.64 bits per heavy atom. The highest BCUT2D eigenvalue weighted by Crippen LogP contribution is 2.35. The van der Waals surface area contributed by atoms with E-state index in [4.69, 9.17) is 0 Å². The molecule has 6 heteroatoms. The number of aryl methyl sites for hydroxylation is 1. The van der Waals surface area contributed by atoms with Crippen molar-refractivity contribution in [2.45, 2.75) is 52.8 Å². The van der Waals surface area contributed by atoms with E-state index in [-0.39, 0.29) is 23.6 Å². The first-order chi connectivity index (χ1) is 11.7. The van der Waals surface area contributed by atoms with Crippen LogP contribution in [0, 0.1) is 11.2 Å². The van der Waals surface area contributed by atoms with Crippen LogP contribution in [0.4, 0.5) is 14.6 Å². The normalized spacial score (nSPS) is 17.2. The molecule has 0 aliphatic carbocycles. The fraction of sp³-hybridized carbons (Fsp3) is 0.474. The number of carbonyl (C=O) groups excluding carboxylic acids is 1. The lowest BCUT2D eigenvalue weighted by molar-refractivity contribution is -0.117. The molecule has 1 aromatic heterocycles. The molecule has 0 saturated heterocycles. The lowest BCUT2D eigenvalue weighted by atomic mass is 9.92. The number of hydrogen-bond acceptors (Lipinski definition) is 2. The second kappa shape index (κ2) is 6.58. The number of nitrogens with zero attached hydrogens (tertiary/aromatic N) is 2. The summed E-state index contributed by atoms with van der Waals surface area (Å²) in [6.45, 7) is 6.43. The summed E-state index contributed by atoms with van der Waals surface area (Å²) in [7, 11) is 0. The third-order valence-corrected chi connectivity index (χ3v) is 4.21. The fourth-order valence-corrected chi connectivity index (χ4v) is 3.13. The van der Waals surface area contributed by atoms with Gasteiger partial charge in [-0.25, -0.2) is 8.78 Å². The van der Waals surface area contributed by atoms with Crippen molar-refractivity contribution in [1.82, 2.24) is 9.78 Å². The Bertz CT molecular complexity index is 775. The maximum absolute atomic E-state index is 13.9. The third-order valence-electron chi connectivity index (χ3n) is 4.21. The number of amides is 1. The summed E-state index contributed by atoms with van der Waals surface area (Å²) in [5.41, 5.74) is 2.01. The fourth-order valence-electron chi connectivity index (χ4n) is 3.13. The first-order valence-electron chi connectivity index (χ1n) is 8.52. The molecule has 2 aromatic rings. The third kappa shape index (κ3) is 4.06. The summed E-state index contributed by atoms with van der Waals surface area (Å²) in [5.74, 6) is -0.0560. The molecule has 2 heterocycles. The minimum absolute atomic E-state index is 0.136. The number of hydrogen-bond donors (Lipinski definition) is 1. The highest BCUT2D eigenvalue weighted by atomic mass is 19.1. The molecule has 1 unspecified atom stereocenters. The molecule has 1 N–H and O–H groups in total. The van der Waals surface area contributed by atoms with Gasteiger partial charge in [0.1, 0.15) is 12.0 Å². The number of benzene rings is 1. The van der Waals surface area contributed by atoms with Crippen molar-refractivity contribution in [2.75, 3.05) is 5.32 Å². The van der Waals surface area contributed by atoms with Gasteiger partial charge in [-0.1, -0.05) is 32.9 Å². The minimum Gasteiger partial charge on any atom is -0.309 e. The molecule has 0 bridgehead atoms. The van der Waals surface area contributed by atoms with Gasteiger partial charge in [-0.05, 0) is 29.5 Å². The van der Waals surface area contributed by atoms with Crippen LogP contribution in [0.3, 0.4) is 0 Å². The van der Waals surface area contributed by atoms with E-state index in [1.165, 1.54) is 12.1 Å². The number of aromatic nitrogens is 2. The van der Waals surface area contributed by atoms with Crippen molar-refractivity contribution in [3.63, 3.8) is 0 Å². The van der Waals surface area contributed by atoms with Crippen molar-refractivity contribution in [2.24, 2.45) is 5.41 Å². The van der Waals surface area contributed by atoms with E-state index < -0.39 is 6.17 Å². The average molecular weight is 347 g/mol. The zero-order valence-corrected chi connectivity index (χ0v) is 14.8. The highest BCUT2D eigenvalue weighted by Gasteiger charge is 2.27. The first kappa shape index (κ1) is 17.6. The zero-order chi connectivity index (χ0) is 18.2. The molecule has 25 heavy (non-hydrogen) atoms. The van der Waals surface area contributed by atoms with Crippen LogP contribution >= 0.6 is 0 Å². The Morgan fingerprint density at radius 1 is 1.32 bits per heavy atom. The van der Waals surface area contributed by atoms with Gasteiger partial charge in [0.2, 0.25) is 5.91 Å². The second-order valence-electron chi connectivity index (χ2n) is 7.78. The van der Waals surface area contributed by atoms with Gasteiger partial charge in [-0.2, -0.15) is 5.10 Å². The van der Waals surface area contributed by atoms with Crippen molar-refractivity contribution in [3.8, 4) is 11.1 Å². The highest BCUT2D eigenvalue weighted by molar-refractivity contribution is 5.95. The summed E-state index contributed by atoms with van der Waals surface area (Å²) in [6, 6.07) is 5.98. The molecule has 1 aliphatic heterocycles. The van der Waals surface area contributed by atoms with Crippen molar-refractivity contribution >= 4 is 11.7 Å². The van der Waals surface area contributed by atoms with Gasteiger partial charge in [0.25, 0.3) is 0 Å². The SMILES string of the molecule is CC(C)(C)CC(=O)Nc1nn2c(c1-c1ccc(F)cc1)CC(F)CC2. The second-order valence-corrected chi connectivity index (χ2v) is 7.78. The predicted octanol–water partition coefficient (Wildman–Crippen LogP) is 4.35. The molecule has 0 fully saturated rings. The predicted molar refractivity (Wildman–Crippen MR) is 93.5 cm³/mol. The Morgan fingerprint density at radius 2 is 2.00 bits per heavy atom. The number of rotatable bonds is 3. The molecule has 1 aliphatic rings. The van der Waals surface area contributed by atoms with E-state index in [0.29, 0.717) is 30.8 Å². The number of carbonyl (C=O) groups is 1. The number of alkyl halides is 1.